The average Bonchev–Trinajstić information content (AvgIpc) is 3.15. The maximum absolute atomic E-state index is 12.4. The molecule has 3 heterocycles. The molecule has 1 amide bonds. The normalized spacial score (nSPS) is 11.9. The molecule has 0 aliphatic heterocycles. The second-order valence-electron chi connectivity index (χ2n) is 7.88. The maximum atomic E-state index is 12.4. The molecule has 9 heteroatoms. The van der Waals surface area contributed by atoms with Crippen LogP contribution in [0.5, 0.6) is 11.8 Å². The predicted molar refractivity (Wildman–Crippen MR) is 124 cm³/mol. The van der Waals surface area contributed by atoms with E-state index in [0.717, 1.165) is 16.5 Å². The highest BCUT2D eigenvalue weighted by Gasteiger charge is 2.18. The minimum Gasteiger partial charge on any atom is -0.480 e. The average molecular weight is 447 g/mol. The summed E-state index contributed by atoms with van der Waals surface area (Å²) in [7, 11) is 3.34. The Hall–Kier alpha value is -4.01. The molecule has 0 saturated carbocycles. The third-order valence-electron chi connectivity index (χ3n) is 5.34. The van der Waals surface area contributed by atoms with Crippen molar-refractivity contribution in [3.8, 4) is 23.1 Å². The first-order chi connectivity index (χ1) is 15.9. The summed E-state index contributed by atoms with van der Waals surface area (Å²) in [5.74, 6) is 0.534. The minimum absolute atomic E-state index is 0.123. The molecule has 33 heavy (non-hydrogen) atoms. The van der Waals surface area contributed by atoms with Gasteiger partial charge in [-0.2, -0.15) is 10.1 Å². The van der Waals surface area contributed by atoms with Crippen LogP contribution in [0.15, 0.2) is 42.7 Å². The number of methoxy groups -OCH3 is 1. The fourth-order valence-corrected chi connectivity index (χ4v) is 3.58. The topological polar surface area (TPSA) is 104 Å². The van der Waals surface area contributed by atoms with Gasteiger partial charge in [-0.3, -0.25) is 9.78 Å². The molecule has 4 aromatic rings. The van der Waals surface area contributed by atoms with Gasteiger partial charge < -0.3 is 14.8 Å². The van der Waals surface area contributed by atoms with Crippen molar-refractivity contribution in [2.45, 2.75) is 26.8 Å². The van der Waals surface area contributed by atoms with Gasteiger partial charge in [0.15, 0.2) is 12.3 Å². The van der Waals surface area contributed by atoms with E-state index < -0.39 is 0 Å². The monoisotopic (exact) mass is 446 g/mol. The predicted octanol–water partition coefficient (Wildman–Crippen LogP) is 3.31. The Morgan fingerprint density at radius 2 is 1.88 bits per heavy atom. The smallest absolute Gasteiger partial charge is 0.258 e. The highest BCUT2D eigenvalue weighted by molar-refractivity contribution is 5.93. The van der Waals surface area contributed by atoms with Crippen LogP contribution in [0, 0.1) is 13.8 Å². The van der Waals surface area contributed by atoms with Gasteiger partial charge in [0.05, 0.1) is 30.9 Å². The molecule has 4 rings (SSSR count). The minimum atomic E-state index is -0.222. The number of ether oxygens (including phenoxy) is 2. The van der Waals surface area contributed by atoms with Crippen LogP contribution in [-0.4, -0.2) is 44.4 Å². The lowest BCUT2D eigenvalue weighted by Gasteiger charge is -2.15. The lowest BCUT2D eigenvalue weighted by molar-refractivity contribution is -0.123. The van der Waals surface area contributed by atoms with Crippen LogP contribution in [0.3, 0.4) is 0 Å². The maximum Gasteiger partial charge on any atom is 0.258 e. The molecule has 0 bridgehead atoms. The Kier molecular flexibility index (Phi) is 6.21. The van der Waals surface area contributed by atoms with Gasteiger partial charge in [0.25, 0.3) is 5.91 Å². The van der Waals surface area contributed by atoms with Gasteiger partial charge in [-0.15, -0.1) is 0 Å². The lowest BCUT2D eigenvalue weighted by atomic mass is 10.1. The zero-order valence-electron chi connectivity index (χ0n) is 19.3. The number of pyridine rings is 1. The second kappa shape index (κ2) is 9.23. The molecule has 170 valence electrons. The van der Waals surface area contributed by atoms with Crippen LogP contribution in [0.2, 0.25) is 0 Å². The number of aryl methyl sites for hydroxylation is 3. The van der Waals surface area contributed by atoms with E-state index >= 15 is 0 Å². The van der Waals surface area contributed by atoms with Crippen molar-refractivity contribution in [3.63, 3.8) is 0 Å². The number of hydrogen-bond donors (Lipinski definition) is 1. The summed E-state index contributed by atoms with van der Waals surface area (Å²) in [6, 6.07) is 9.73. The number of rotatable bonds is 7. The summed E-state index contributed by atoms with van der Waals surface area (Å²) in [6.07, 6.45) is 3.17. The number of amides is 1. The molecular weight excluding hydrogens is 420 g/mol. The third-order valence-corrected chi connectivity index (χ3v) is 5.34. The molecule has 0 aliphatic carbocycles. The highest BCUT2D eigenvalue weighted by Crippen LogP contribution is 2.30. The van der Waals surface area contributed by atoms with Crippen LogP contribution in [0.25, 0.3) is 22.4 Å². The van der Waals surface area contributed by atoms with Gasteiger partial charge in [0.2, 0.25) is 11.8 Å². The molecule has 3 aromatic heterocycles. The quantitative estimate of drug-likeness (QED) is 0.464. The van der Waals surface area contributed by atoms with E-state index in [4.69, 9.17) is 9.47 Å². The van der Waals surface area contributed by atoms with Gasteiger partial charge >= 0.3 is 0 Å². The van der Waals surface area contributed by atoms with Gasteiger partial charge in [-0.05, 0) is 31.9 Å². The number of nitrogens with one attached hydrogen (secondary N) is 1. The summed E-state index contributed by atoms with van der Waals surface area (Å²) in [4.78, 5) is 25.6. The molecule has 0 saturated heterocycles. The first-order valence-corrected chi connectivity index (χ1v) is 10.5. The molecule has 1 atom stereocenters. The summed E-state index contributed by atoms with van der Waals surface area (Å²) < 4.78 is 12.5. The Bertz CT molecular complexity index is 1300. The lowest BCUT2D eigenvalue weighted by Crippen LogP contribution is -2.31. The fraction of sp³-hybridized carbons (Fsp3) is 0.292. The molecule has 1 N–H and O–H groups in total. The fourth-order valence-electron chi connectivity index (χ4n) is 3.58. The van der Waals surface area contributed by atoms with E-state index in [0.29, 0.717) is 28.8 Å². The van der Waals surface area contributed by atoms with Crippen molar-refractivity contribution < 1.29 is 14.3 Å². The number of carbonyl (C=O) groups excluding carboxylic acids is 1. The third kappa shape index (κ3) is 4.77. The van der Waals surface area contributed by atoms with Gasteiger partial charge in [0.1, 0.15) is 11.4 Å². The van der Waals surface area contributed by atoms with Crippen LogP contribution < -0.4 is 14.8 Å². The molecule has 0 fully saturated rings. The summed E-state index contributed by atoms with van der Waals surface area (Å²) in [5, 5.41) is 8.36. The van der Waals surface area contributed by atoms with Gasteiger partial charge in [-0.1, -0.05) is 29.8 Å². The van der Waals surface area contributed by atoms with Gasteiger partial charge in [0, 0.05) is 13.1 Å². The zero-order chi connectivity index (χ0) is 23.5. The molecule has 0 radical (unpaired) electrons. The first kappa shape index (κ1) is 22.2. The van der Waals surface area contributed by atoms with E-state index in [1.165, 1.54) is 11.8 Å². The van der Waals surface area contributed by atoms with Crippen molar-refractivity contribution in [3.05, 3.63) is 59.4 Å². The Morgan fingerprint density at radius 1 is 1.12 bits per heavy atom. The van der Waals surface area contributed by atoms with E-state index in [1.807, 2.05) is 45.0 Å². The number of benzene rings is 1. The molecule has 0 spiro atoms. The van der Waals surface area contributed by atoms with Crippen molar-refractivity contribution in [2.75, 3.05) is 13.7 Å². The number of carbonyl (C=O) groups is 1. The van der Waals surface area contributed by atoms with E-state index in [2.05, 4.69) is 25.4 Å². The van der Waals surface area contributed by atoms with Crippen LogP contribution >= 0.6 is 0 Å². The number of nitrogens with zero attached hydrogens (tertiary/aromatic N) is 5. The standard InChI is InChI=1S/C24H26N6O3/c1-14-6-8-17(9-7-14)16(3)26-19(31)13-33-20-10-15(2)22-23(29-30(4)24(22)28-20)18-11-25-12-21(27-18)32-5/h6-12,16H,13H2,1-5H3,(H,26,31). The van der Waals surface area contributed by atoms with Crippen LogP contribution in [-0.2, 0) is 11.8 Å². The molecule has 9 nitrogen and oxygen atoms in total. The summed E-state index contributed by atoms with van der Waals surface area (Å²) in [5.41, 5.74) is 4.97. The van der Waals surface area contributed by atoms with Crippen molar-refractivity contribution >= 4 is 16.9 Å². The van der Waals surface area contributed by atoms with E-state index in [-0.39, 0.29) is 18.6 Å². The number of hydrogen-bond acceptors (Lipinski definition) is 7. The van der Waals surface area contributed by atoms with Crippen LogP contribution in [0.4, 0.5) is 0 Å². The Labute approximate surface area is 191 Å². The van der Waals surface area contributed by atoms with E-state index in [9.17, 15) is 4.79 Å². The van der Waals surface area contributed by atoms with Crippen molar-refractivity contribution in [1.82, 2.24) is 30.0 Å². The number of aromatic nitrogens is 5. The summed E-state index contributed by atoms with van der Waals surface area (Å²) in [6.45, 7) is 5.77. The molecule has 1 unspecified atom stereocenters. The Balaban J connectivity index is 1.50. The van der Waals surface area contributed by atoms with Crippen molar-refractivity contribution in [1.29, 1.82) is 0 Å². The number of fused-ring (bicyclic) bond motifs is 1. The summed E-state index contributed by atoms with van der Waals surface area (Å²) >= 11 is 0. The zero-order valence-corrected chi connectivity index (χ0v) is 19.3. The van der Waals surface area contributed by atoms with Gasteiger partial charge in [-0.25, -0.2) is 9.67 Å². The first-order valence-electron chi connectivity index (χ1n) is 10.5. The Morgan fingerprint density at radius 3 is 2.61 bits per heavy atom. The highest BCUT2D eigenvalue weighted by atomic mass is 16.5. The van der Waals surface area contributed by atoms with Crippen LogP contribution in [0.1, 0.15) is 29.7 Å². The molecule has 0 aliphatic rings. The second-order valence-corrected chi connectivity index (χ2v) is 7.88. The van der Waals surface area contributed by atoms with E-state index in [1.54, 1.807) is 31.1 Å². The molecular formula is C24H26N6O3. The largest absolute Gasteiger partial charge is 0.480 e. The van der Waals surface area contributed by atoms with Crippen molar-refractivity contribution in [2.24, 2.45) is 7.05 Å². The SMILES string of the molecule is COc1cncc(-c2nn(C)c3nc(OCC(=O)NC(C)c4ccc(C)cc4)cc(C)c23)n1. The molecule has 1 aromatic carbocycles.